The predicted octanol–water partition coefficient (Wildman–Crippen LogP) is 4.52. The van der Waals surface area contributed by atoms with Crippen LogP contribution in [0, 0.1) is 19.7 Å². The van der Waals surface area contributed by atoms with Crippen LogP contribution in [0.4, 0.5) is 15.8 Å². The van der Waals surface area contributed by atoms with Gasteiger partial charge in [-0.1, -0.05) is 29.8 Å². The molecule has 0 aliphatic carbocycles. The Bertz CT molecular complexity index is 1160. The van der Waals surface area contributed by atoms with Crippen molar-refractivity contribution in [3.05, 3.63) is 89.2 Å². The Morgan fingerprint density at radius 1 is 0.966 bits per heavy atom. The van der Waals surface area contributed by atoms with Crippen molar-refractivity contribution in [2.75, 3.05) is 16.7 Å². The molecule has 3 rings (SSSR count). The molecule has 0 saturated carbocycles. The van der Waals surface area contributed by atoms with Crippen LogP contribution in [-0.4, -0.2) is 21.4 Å². The Morgan fingerprint density at radius 3 is 2.31 bits per heavy atom. The highest BCUT2D eigenvalue weighted by atomic mass is 32.2. The second kappa shape index (κ2) is 8.05. The fourth-order valence-electron chi connectivity index (χ4n) is 2.86. The highest BCUT2D eigenvalue weighted by molar-refractivity contribution is 7.92. The molecule has 0 atom stereocenters. The number of rotatable bonds is 5. The largest absolute Gasteiger partial charge is 0.322 e. The van der Waals surface area contributed by atoms with E-state index in [0.717, 1.165) is 9.87 Å². The third-order valence-electron chi connectivity index (χ3n) is 4.57. The SMILES string of the molecule is Cc1ccc(S(=O)(=O)N(C)c2cc(C(=O)Nc3cccc(F)c3)ccc2C)cc1. The number of hydrogen-bond donors (Lipinski definition) is 1. The van der Waals surface area contributed by atoms with E-state index < -0.39 is 21.7 Å². The number of nitrogens with one attached hydrogen (secondary N) is 1. The third kappa shape index (κ3) is 4.46. The Hall–Kier alpha value is -3.19. The maximum atomic E-state index is 13.3. The fourth-order valence-corrected chi connectivity index (χ4v) is 4.11. The number of hydrogen-bond acceptors (Lipinski definition) is 3. The first-order valence-electron chi connectivity index (χ1n) is 8.91. The zero-order valence-corrected chi connectivity index (χ0v) is 17.1. The molecule has 0 aromatic heterocycles. The van der Waals surface area contributed by atoms with Crippen LogP contribution in [0.2, 0.25) is 0 Å². The maximum Gasteiger partial charge on any atom is 0.264 e. The molecule has 0 radical (unpaired) electrons. The van der Waals surface area contributed by atoms with E-state index in [-0.39, 0.29) is 10.5 Å². The van der Waals surface area contributed by atoms with E-state index in [9.17, 15) is 17.6 Å². The van der Waals surface area contributed by atoms with Gasteiger partial charge in [-0.25, -0.2) is 12.8 Å². The van der Waals surface area contributed by atoms with Crippen molar-refractivity contribution < 1.29 is 17.6 Å². The number of halogens is 1. The first-order chi connectivity index (χ1) is 13.7. The predicted molar refractivity (Wildman–Crippen MR) is 112 cm³/mol. The monoisotopic (exact) mass is 412 g/mol. The molecule has 0 fully saturated rings. The van der Waals surface area contributed by atoms with Gasteiger partial charge in [-0.3, -0.25) is 9.10 Å². The second-order valence-electron chi connectivity index (χ2n) is 6.75. The summed E-state index contributed by atoms with van der Waals surface area (Å²) in [7, 11) is -2.34. The average molecular weight is 412 g/mol. The molecule has 3 aromatic rings. The van der Waals surface area contributed by atoms with Gasteiger partial charge in [0.1, 0.15) is 5.82 Å². The van der Waals surface area contributed by atoms with Crippen LogP contribution >= 0.6 is 0 Å². The number of benzene rings is 3. The van der Waals surface area contributed by atoms with E-state index in [2.05, 4.69) is 5.32 Å². The molecule has 1 N–H and O–H groups in total. The van der Waals surface area contributed by atoms with Gasteiger partial charge in [0.2, 0.25) is 0 Å². The van der Waals surface area contributed by atoms with Crippen molar-refractivity contribution in [2.24, 2.45) is 0 Å². The summed E-state index contributed by atoms with van der Waals surface area (Å²) >= 11 is 0. The topological polar surface area (TPSA) is 66.5 Å². The first kappa shape index (κ1) is 20.5. The summed E-state index contributed by atoms with van der Waals surface area (Å²) in [6, 6.07) is 16.9. The number of nitrogens with zero attached hydrogens (tertiary/aromatic N) is 1. The molecular weight excluding hydrogens is 391 g/mol. The van der Waals surface area contributed by atoms with Gasteiger partial charge in [0, 0.05) is 18.3 Å². The summed E-state index contributed by atoms with van der Waals surface area (Å²) in [5.41, 5.74) is 2.63. The molecule has 0 heterocycles. The van der Waals surface area contributed by atoms with Gasteiger partial charge in [0.25, 0.3) is 15.9 Å². The van der Waals surface area contributed by atoms with Gasteiger partial charge in [0.15, 0.2) is 0 Å². The summed E-state index contributed by atoms with van der Waals surface area (Å²) in [4.78, 5) is 12.7. The van der Waals surface area contributed by atoms with E-state index in [1.54, 1.807) is 49.4 Å². The molecule has 5 nitrogen and oxygen atoms in total. The van der Waals surface area contributed by atoms with Crippen LogP contribution in [0.5, 0.6) is 0 Å². The number of carbonyl (C=O) groups is 1. The molecule has 0 spiro atoms. The number of anilines is 2. The fraction of sp³-hybridized carbons (Fsp3) is 0.136. The zero-order chi connectivity index (χ0) is 21.2. The van der Waals surface area contributed by atoms with Crippen LogP contribution in [0.1, 0.15) is 21.5 Å². The van der Waals surface area contributed by atoms with Crippen molar-refractivity contribution in [2.45, 2.75) is 18.7 Å². The van der Waals surface area contributed by atoms with Crippen LogP contribution in [0.3, 0.4) is 0 Å². The molecule has 29 heavy (non-hydrogen) atoms. The summed E-state index contributed by atoms with van der Waals surface area (Å²) < 4.78 is 40.5. The minimum atomic E-state index is -3.79. The molecule has 0 bridgehead atoms. The number of carbonyl (C=O) groups excluding carboxylic acids is 1. The second-order valence-corrected chi connectivity index (χ2v) is 8.72. The lowest BCUT2D eigenvalue weighted by molar-refractivity contribution is 0.102. The zero-order valence-electron chi connectivity index (χ0n) is 16.3. The van der Waals surface area contributed by atoms with Crippen molar-refractivity contribution in [1.82, 2.24) is 0 Å². The summed E-state index contributed by atoms with van der Waals surface area (Å²) in [5, 5.41) is 2.61. The van der Waals surface area contributed by atoms with Gasteiger partial charge in [-0.2, -0.15) is 0 Å². The quantitative estimate of drug-likeness (QED) is 0.670. The van der Waals surface area contributed by atoms with Crippen molar-refractivity contribution >= 4 is 27.3 Å². The van der Waals surface area contributed by atoms with E-state index in [1.165, 1.54) is 31.3 Å². The Balaban J connectivity index is 1.92. The van der Waals surface area contributed by atoms with Crippen LogP contribution in [-0.2, 0) is 10.0 Å². The number of aryl methyl sites for hydroxylation is 2. The Labute approximate surface area is 169 Å². The van der Waals surface area contributed by atoms with E-state index in [1.807, 2.05) is 6.92 Å². The van der Waals surface area contributed by atoms with E-state index in [0.29, 0.717) is 16.9 Å². The minimum absolute atomic E-state index is 0.166. The van der Waals surface area contributed by atoms with Gasteiger partial charge in [0.05, 0.1) is 10.6 Å². The van der Waals surface area contributed by atoms with E-state index in [4.69, 9.17) is 0 Å². The van der Waals surface area contributed by atoms with Gasteiger partial charge < -0.3 is 5.32 Å². The summed E-state index contributed by atoms with van der Waals surface area (Å²) in [6.45, 7) is 3.65. The smallest absolute Gasteiger partial charge is 0.264 e. The van der Waals surface area contributed by atoms with Crippen LogP contribution in [0.15, 0.2) is 71.6 Å². The molecule has 3 aromatic carbocycles. The summed E-state index contributed by atoms with van der Waals surface area (Å²) in [5.74, 6) is -0.922. The van der Waals surface area contributed by atoms with Crippen molar-refractivity contribution in [3.8, 4) is 0 Å². The molecule has 0 aliphatic heterocycles. The molecule has 0 aliphatic rings. The number of sulfonamides is 1. The first-order valence-corrected chi connectivity index (χ1v) is 10.4. The molecule has 7 heteroatoms. The lowest BCUT2D eigenvalue weighted by Gasteiger charge is -2.22. The standard InChI is InChI=1S/C22H21FN2O3S/c1-15-7-11-20(12-8-15)29(27,28)25(3)21-13-17(10-9-16(21)2)22(26)24-19-6-4-5-18(23)14-19/h4-14H,1-3H3,(H,24,26). The highest BCUT2D eigenvalue weighted by Crippen LogP contribution is 2.27. The Morgan fingerprint density at radius 2 is 1.66 bits per heavy atom. The molecule has 1 amide bonds. The van der Waals surface area contributed by atoms with Gasteiger partial charge >= 0.3 is 0 Å². The van der Waals surface area contributed by atoms with Gasteiger partial charge in [-0.05, 0) is 61.9 Å². The lowest BCUT2D eigenvalue weighted by Crippen LogP contribution is -2.27. The normalized spacial score (nSPS) is 11.2. The van der Waals surface area contributed by atoms with Crippen molar-refractivity contribution in [1.29, 1.82) is 0 Å². The van der Waals surface area contributed by atoms with Crippen LogP contribution < -0.4 is 9.62 Å². The average Bonchev–Trinajstić information content (AvgIpc) is 2.68. The molecule has 0 saturated heterocycles. The summed E-state index contributed by atoms with van der Waals surface area (Å²) in [6.07, 6.45) is 0. The van der Waals surface area contributed by atoms with E-state index >= 15 is 0 Å². The molecular formula is C22H21FN2O3S. The molecule has 0 unspecified atom stereocenters. The maximum absolute atomic E-state index is 13.3. The lowest BCUT2D eigenvalue weighted by atomic mass is 10.1. The van der Waals surface area contributed by atoms with Crippen LogP contribution in [0.25, 0.3) is 0 Å². The van der Waals surface area contributed by atoms with Crippen molar-refractivity contribution in [3.63, 3.8) is 0 Å². The minimum Gasteiger partial charge on any atom is -0.322 e. The number of amides is 1. The Kier molecular flexibility index (Phi) is 5.70. The van der Waals surface area contributed by atoms with Gasteiger partial charge in [-0.15, -0.1) is 0 Å². The molecule has 150 valence electrons. The third-order valence-corrected chi connectivity index (χ3v) is 6.36. The highest BCUT2D eigenvalue weighted by Gasteiger charge is 2.23.